The molecule has 0 aliphatic rings. The number of hydrogen-bond acceptors (Lipinski definition) is 5. The van der Waals surface area contributed by atoms with E-state index in [-0.39, 0.29) is 21.5 Å². The number of rotatable bonds is 3. The molecular weight excluding hydrogens is 325 g/mol. The number of hydrogen-bond donors (Lipinski definition) is 2. The number of ether oxygens (including phenoxy) is 1. The number of aromatic hydroxyl groups is 1. The van der Waals surface area contributed by atoms with Gasteiger partial charge >= 0.3 is 5.97 Å². The summed E-state index contributed by atoms with van der Waals surface area (Å²) in [6.45, 7) is 0. The zero-order valence-corrected chi connectivity index (χ0v) is 11.1. The van der Waals surface area contributed by atoms with Crippen molar-refractivity contribution in [1.82, 2.24) is 5.16 Å². The van der Waals surface area contributed by atoms with E-state index in [0.29, 0.717) is 0 Å². The number of aromatic nitrogens is 1. The highest BCUT2D eigenvalue weighted by molar-refractivity contribution is 9.10. The molecule has 19 heavy (non-hydrogen) atoms. The number of phenols is 1. The zero-order chi connectivity index (χ0) is 14.2. The van der Waals surface area contributed by atoms with Crippen molar-refractivity contribution >= 4 is 21.9 Å². The van der Waals surface area contributed by atoms with Gasteiger partial charge < -0.3 is 19.5 Å². The summed E-state index contributed by atoms with van der Waals surface area (Å²) >= 11 is 3.10. The van der Waals surface area contributed by atoms with Gasteiger partial charge in [-0.2, -0.15) is 0 Å². The summed E-state index contributed by atoms with van der Waals surface area (Å²) in [7, 11) is 1.28. The molecule has 2 rings (SSSR count). The molecule has 0 saturated heterocycles. The van der Waals surface area contributed by atoms with Crippen LogP contribution in [0.2, 0.25) is 0 Å². The van der Waals surface area contributed by atoms with Crippen molar-refractivity contribution in [3.05, 3.63) is 28.2 Å². The average molecular weight is 332 g/mol. The van der Waals surface area contributed by atoms with Crippen LogP contribution in [0.1, 0.15) is 10.6 Å². The largest absolute Gasteiger partial charge is 0.502 e. The lowest BCUT2D eigenvalue weighted by atomic mass is 10.1. The first kappa shape index (κ1) is 13.3. The van der Waals surface area contributed by atoms with Gasteiger partial charge in [-0.25, -0.2) is 9.18 Å². The lowest BCUT2D eigenvalue weighted by Crippen LogP contribution is -1.93. The van der Waals surface area contributed by atoms with Crippen molar-refractivity contribution in [3.63, 3.8) is 0 Å². The first-order valence-electron chi connectivity index (χ1n) is 4.91. The van der Waals surface area contributed by atoms with Crippen LogP contribution in [-0.4, -0.2) is 28.4 Å². The molecule has 8 heteroatoms. The summed E-state index contributed by atoms with van der Waals surface area (Å²) in [6.07, 6.45) is 0. The molecule has 0 saturated carbocycles. The van der Waals surface area contributed by atoms with E-state index in [4.69, 9.17) is 9.84 Å². The van der Waals surface area contributed by atoms with E-state index in [0.717, 1.165) is 6.07 Å². The fraction of sp³-hybridized carbons (Fsp3) is 0.0909. The van der Waals surface area contributed by atoms with Crippen LogP contribution in [0.25, 0.3) is 11.3 Å². The molecule has 1 aromatic carbocycles. The number of nitrogens with zero attached hydrogens (tertiary/aromatic N) is 1. The molecule has 0 amide bonds. The minimum Gasteiger partial charge on any atom is -0.502 e. The van der Waals surface area contributed by atoms with Crippen LogP contribution in [0, 0.1) is 5.82 Å². The Balaban J connectivity index is 2.61. The standard InChI is InChI=1S/C11H7BrFNO5/c1-18-6-2-4(12)8(9(13)10(6)15)5-3-7(11(16)17)19-14-5/h2-3,15H,1H3,(H,16,17). The van der Waals surface area contributed by atoms with Gasteiger partial charge in [0.15, 0.2) is 17.3 Å². The average Bonchev–Trinajstić information content (AvgIpc) is 2.83. The number of benzene rings is 1. The second-order valence-electron chi connectivity index (χ2n) is 3.48. The number of aromatic carboxylic acids is 1. The highest BCUT2D eigenvalue weighted by Crippen LogP contribution is 2.41. The number of carboxylic acid groups (broad SMARTS) is 1. The van der Waals surface area contributed by atoms with Crippen molar-refractivity contribution in [2.45, 2.75) is 0 Å². The van der Waals surface area contributed by atoms with Gasteiger partial charge in [0.1, 0.15) is 5.69 Å². The Morgan fingerprint density at radius 1 is 1.53 bits per heavy atom. The molecule has 0 aliphatic heterocycles. The Morgan fingerprint density at radius 2 is 2.21 bits per heavy atom. The Bertz CT molecular complexity index is 655. The van der Waals surface area contributed by atoms with Crippen LogP contribution in [0.3, 0.4) is 0 Å². The molecule has 0 unspecified atom stereocenters. The molecule has 0 fully saturated rings. The maximum Gasteiger partial charge on any atom is 0.374 e. The maximum absolute atomic E-state index is 14.0. The van der Waals surface area contributed by atoms with E-state index in [1.807, 2.05) is 0 Å². The number of halogens is 2. The number of carbonyl (C=O) groups is 1. The fourth-order valence-electron chi connectivity index (χ4n) is 1.47. The van der Waals surface area contributed by atoms with E-state index < -0.39 is 23.3 Å². The molecular formula is C11H7BrFNO5. The van der Waals surface area contributed by atoms with Crippen LogP contribution in [0.5, 0.6) is 11.5 Å². The van der Waals surface area contributed by atoms with E-state index in [1.165, 1.54) is 13.2 Å². The van der Waals surface area contributed by atoms with Crippen LogP contribution in [-0.2, 0) is 0 Å². The van der Waals surface area contributed by atoms with Crippen molar-refractivity contribution in [1.29, 1.82) is 0 Å². The lowest BCUT2D eigenvalue weighted by molar-refractivity contribution is 0.0652. The molecule has 6 nitrogen and oxygen atoms in total. The van der Waals surface area contributed by atoms with Crippen LogP contribution >= 0.6 is 15.9 Å². The van der Waals surface area contributed by atoms with Crippen LogP contribution in [0.15, 0.2) is 21.1 Å². The van der Waals surface area contributed by atoms with Gasteiger partial charge in [0.05, 0.1) is 12.7 Å². The number of carboxylic acids is 1. The van der Waals surface area contributed by atoms with Gasteiger partial charge in [0, 0.05) is 10.5 Å². The minimum absolute atomic E-state index is 0.0558. The monoisotopic (exact) mass is 331 g/mol. The molecule has 0 bridgehead atoms. The second-order valence-corrected chi connectivity index (χ2v) is 4.33. The topological polar surface area (TPSA) is 92.8 Å². The Hall–Kier alpha value is -2.09. The molecule has 100 valence electrons. The van der Waals surface area contributed by atoms with Crippen molar-refractivity contribution in [2.24, 2.45) is 0 Å². The molecule has 1 heterocycles. The minimum atomic E-state index is -1.33. The van der Waals surface area contributed by atoms with Gasteiger partial charge in [0.2, 0.25) is 5.76 Å². The maximum atomic E-state index is 14.0. The molecule has 2 N–H and O–H groups in total. The van der Waals surface area contributed by atoms with Gasteiger partial charge in [-0.05, 0) is 22.0 Å². The van der Waals surface area contributed by atoms with Crippen LogP contribution in [0.4, 0.5) is 4.39 Å². The molecule has 2 aromatic rings. The third kappa shape index (κ3) is 2.26. The fourth-order valence-corrected chi connectivity index (χ4v) is 2.06. The van der Waals surface area contributed by atoms with Crippen molar-refractivity contribution in [3.8, 4) is 22.8 Å². The van der Waals surface area contributed by atoms with E-state index in [9.17, 15) is 14.3 Å². The Kier molecular flexibility index (Phi) is 3.43. The first-order chi connectivity index (χ1) is 8.95. The highest BCUT2D eigenvalue weighted by Gasteiger charge is 2.22. The predicted molar refractivity (Wildman–Crippen MR) is 64.8 cm³/mol. The van der Waals surface area contributed by atoms with Gasteiger partial charge in [-0.3, -0.25) is 0 Å². The molecule has 0 atom stereocenters. The molecule has 0 spiro atoms. The summed E-state index contributed by atoms with van der Waals surface area (Å²) in [5.41, 5.74) is -0.172. The Morgan fingerprint density at radius 3 is 2.74 bits per heavy atom. The summed E-state index contributed by atoms with van der Waals surface area (Å²) in [5.74, 6) is -3.50. The summed E-state index contributed by atoms with van der Waals surface area (Å²) in [6, 6.07) is 2.39. The number of methoxy groups -OCH3 is 1. The van der Waals surface area contributed by atoms with Crippen molar-refractivity contribution in [2.75, 3.05) is 7.11 Å². The normalized spacial score (nSPS) is 10.5. The molecule has 0 aliphatic carbocycles. The van der Waals surface area contributed by atoms with E-state index >= 15 is 0 Å². The quantitative estimate of drug-likeness (QED) is 0.898. The Labute approximate surface area is 114 Å². The van der Waals surface area contributed by atoms with E-state index in [1.54, 1.807) is 0 Å². The lowest BCUT2D eigenvalue weighted by Gasteiger charge is -2.09. The van der Waals surface area contributed by atoms with Gasteiger partial charge in [0.25, 0.3) is 0 Å². The van der Waals surface area contributed by atoms with Crippen LogP contribution < -0.4 is 4.74 Å². The SMILES string of the molecule is COc1cc(Br)c(-c2cc(C(=O)O)on2)c(F)c1O. The van der Waals surface area contributed by atoms with Gasteiger partial charge in [-0.15, -0.1) is 0 Å². The third-order valence-corrected chi connectivity index (χ3v) is 2.98. The zero-order valence-electron chi connectivity index (χ0n) is 9.48. The predicted octanol–water partition coefficient (Wildman–Crippen LogP) is 2.66. The molecule has 0 radical (unpaired) electrons. The first-order valence-corrected chi connectivity index (χ1v) is 5.70. The highest BCUT2D eigenvalue weighted by atomic mass is 79.9. The smallest absolute Gasteiger partial charge is 0.374 e. The van der Waals surface area contributed by atoms with Crippen molar-refractivity contribution < 1.29 is 28.7 Å². The van der Waals surface area contributed by atoms with E-state index in [2.05, 4.69) is 25.6 Å². The third-order valence-electron chi connectivity index (χ3n) is 2.35. The summed E-state index contributed by atoms with van der Waals surface area (Å²) in [4.78, 5) is 10.7. The summed E-state index contributed by atoms with van der Waals surface area (Å²) in [5, 5.41) is 21.7. The molecule has 1 aromatic heterocycles. The second kappa shape index (κ2) is 4.88. The van der Waals surface area contributed by atoms with Gasteiger partial charge in [-0.1, -0.05) is 5.16 Å². The number of phenolic OH excluding ortho intramolecular Hbond substituents is 1. The summed E-state index contributed by atoms with van der Waals surface area (Å²) < 4.78 is 23.6.